The van der Waals surface area contributed by atoms with Gasteiger partial charge < -0.3 is 20.1 Å². The zero-order valence-electron chi connectivity index (χ0n) is 13.8. The largest absolute Gasteiger partial charge is 0.493 e. The number of aromatic nitrogens is 1. The van der Waals surface area contributed by atoms with Crippen molar-refractivity contribution in [2.75, 3.05) is 26.1 Å². The van der Waals surface area contributed by atoms with E-state index in [1.165, 1.54) is 0 Å². The first kappa shape index (κ1) is 17.3. The van der Waals surface area contributed by atoms with E-state index in [-0.39, 0.29) is 5.91 Å². The van der Waals surface area contributed by atoms with Crippen molar-refractivity contribution in [3.05, 3.63) is 60.3 Å². The number of anilines is 1. The average molecular weight is 327 g/mol. The van der Waals surface area contributed by atoms with E-state index in [0.717, 1.165) is 5.56 Å². The van der Waals surface area contributed by atoms with Gasteiger partial charge in [0.1, 0.15) is 5.82 Å². The van der Waals surface area contributed by atoms with Gasteiger partial charge in [-0.2, -0.15) is 0 Å². The molecule has 2 aromatic rings. The van der Waals surface area contributed by atoms with Gasteiger partial charge in [-0.3, -0.25) is 4.79 Å². The van der Waals surface area contributed by atoms with Crippen LogP contribution in [0, 0.1) is 0 Å². The summed E-state index contributed by atoms with van der Waals surface area (Å²) < 4.78 is 10.5. The number of hydrogen-bond donors (Lipinski definition) is 2. The van der Waals surface area contributed by atoms with Crippen molar-refractivity contribution in [2.45, 2.75) is 6.54 Å². The summed E-state index contributed by atoms with van der Waals surface area (Å²) in [6, 6.07) is 8.90. The summed E-state index contributed by atoms with van der Waals surface area (Å²) in [6.07, 6.45) is 3.32. The van der Waals surface area contributed by atoms with Crippen LogP contribution in [0.4, 0.5) is 5.82 Å². The quantitative estimate of drug-likeness (QED) is 0.729. The molecule has 0 aliphatic rings. The fraction of sp³-hybridized carbons (Fsp3) is 0.222. The maximum Gasteiger partial charge on any atom is 0.251 e. The molecular weight excluding hydrogens is 306 g/mol. The van der Waals surface area contributed by atoms with Crippen molar-refractivity contribution >= 4 is 11.7 Å². The Hall–Kier alpha value is -3.02. The number of nitrogens with zero attached hydrogens (tertiary/aromatic N) is 1. The minimum Gasteiger partial charge on any atom is -0.493 e. The first-order valence-electron chi connectivity index (χ1n) is 7.48. The fourth-order valence-electron chi connectivity index (χ4n) is 2.12. The molecule has 0 bridgehead atoms. The zero-order valence-corrected chi connectivity index (χ0v) is 13.8. The lowest BCUT2D eigenvalue weighted by atomic mass is 10.2. The van der Waals surface area contributed by atoms with Gasteiger partial charge in [0.15, 0.2) is 11.5 Å². The molecule has 1 aromatic carbocycles. The molecular formula is C18H21N3O3. The molecule has 0 unspecified atom stereocenters. The number of rotatable bonds is 8. The van der Waals surface area contributed by atoms with Crippen molar-refractivity contribution in [1.82, 2.24) is 10.3 Å². The Bertz CT molecular complexity index is 716. The molecule has 0 fully saturated rings. The van der Waals surface area contributed by atoms with Gasteiger partial charge in [-0.1, -0.05) is 12.1 Å². The second-order valence-electron chi connectivity index (χ2n) is 4.97. The summed E-state index contributed by atoms with van der Waals surface area (Å²) in [5.41, 5.74) is 1.46. The van der Waals surface area contributed by atoms with Gasteiger partial charge in [0.25, 0.3) is 5.91 Å². The van der Waals surface area contributed by atoms with E-state index in [1.54, 1.807) is 38.6 Å². The minimum atomic E-state index is -0.172. The Morgan fingerprint density at radius 1 is 1.21 bits per heavy atom. The highest BCUT2D eigenvalue weighted by molar-refractivity contribution is 5.94. The third kappa shape index (κ3) is 4.49. The highest BCUT2D eigenvalue weighted by Gasteiger charge is 2.08. The molecule has 2 rings (SSSR count). The number of carbonyl (C=O) groups is 1. The van der Waals surface area contributed by atoms with Crippen LogP contribution < -0.4 is 20.1 Å². The summed E-state index contributed by atoms with van der Waals surface area (Å²) in [5, 5.41) is 5.93. The fourth-order valence-corrected chi connectivity index (χ4v) is 2.12. The Morgan fingerprint density at radius 2 is 2.00 bits per heavy atom. The van der Waals surface area contributed by atoms with Gasteiger partial charge in [-0.05, 0) is 29.8 Å². The molecule has 6 nitrogen and oxygen atoms in total. The number of hydrogen-bond acceptors (Lipinski definition) is 5. The molecule has 0 aliphatic heterocycles. The molecule has 0 atom stereocenters. The van der Waals surface area contributed by atoms with Crippen molar-refractivity contribution in [1.29, 1.82) is 0 Å². The summed E-state index contributed by atoms with van der Waals surface area (Å²) in [6.45, 7) is 4.61. The van der Waals surface area contributed by atoms with E-state index in [2.05, 4.69) is 22.2 Å². The maximum absolute atomic E-state index is 12.3. The van der Waals surface area contributed by atoms with Crippen LogP contribution in [-0.2, 0) is 6.54 Å². The lowest BCUT2D eigenvalue weighted by molar-refractivity contribution is 0.0951. The van der Waals surface area contributed by atoms with Crippen LogP contribution in [-0.4, -0.2) is 31.7 Å². The first-order valence-corrected chi connectivity index (χ1v) is 7.48. The second-order valence-corrected chi connectivity index (χ2v) is 4.97. The lowest BCUT2D eigenvalue weighted by Gasteiger charge is -2.11. The van der Waals surface area contributed by atoms with Gasteiger partial charge in [-0.25, -0.2) is 4.98 Å². The van der Waals surface area contributed by atoms with Crippen LogP contribution in [0.3, 0.4) is 0 Å². The predicted molar refractivity (Wildman–Crippen MR) is 93.6 cm³/mol. The molecule has 126 valence electrons. The first-order chi connectivity index (χ1) is 11.7. The monoisotopic (exact) mass is 327 g/mol. The van der Waals surface area contributed by atoms with Crippen molar-refractivity contribution in [3.63, 3.8) is 0 Å². The van der Waals surface area contributed by atoms with Gasteiger partial charge >= 0.3 is 0 Å². The van der Waals surface area contributed by atoms with Crippen LogP contribution in [0.5, 0.6) is 11.5 Å². The number of nitrogens with one attached hydrogen (secondary N) is 2. The van der Waals surface area contributed by atoms with Gasteiger partial charge in [0.2, 0.25) is 0 Å². The Morgan fingerprint density at radius 3 is 2.71 bits per heavy atom. The van der Waals surface area contributed by atoms with E-state index in [0.29, 0.717) is 36.0 Å². The molecule has 24 heavy (non-hydrogen) atoms. The summed E-state index contributed by atoms with van der Waals surface area (Å²) in [4.78, 5) is 16.4. The highest BCUT2D eigenvalue weighted by Crippen LogP contribution is 2.27. The summed E-state index contributed by atoms with van der Waals surface area (Å²) >= 11 is 0. The maximum atomic E-state index is 12.3. The lowest BCUT2D eigenvalue weighted by Crippen LogP contribution is -2.23. The molecule has 0 saturated heterocycles. The standard InChI is InChI=1S/C18H21N3O3/c1-4-8-19-17-11-14(7-9-20-17)18(22)21-12-13-5-6-15(23-2)16(10-13)24-3/h4-7,9-11H,1,8,12H2,2-3H3,(H,19,20)(H,21,22). The normalized spacial score (nSPS) is 9.92. The Balaban J connectivity index is 2.01. The van der Waals surface area contributed by atoms with E-state index < -0.39 is 0 Å². The minimum absolute atomic E-state index is 0.172. The second kappa shape index (κ2) is 8.57. The number of ether oxygens (including phenoxy) is 2. The number of pyridine rings is 1. The summed E-state index contributed by atoms with van der Waals surface area (Å²) in [7, 11) is 3.16. The van der Waals surface area contributed by atoms with Crippen LogP contribution in [0.25, 0.3) is 0 Å². The molecule has 6 heteroatoms. The molecule has 0 spiro atoms. The predicted octanol–water partition coefficient (Wildman–Crippen LogP) is 2.63. The third-order valence-electron chi connectivity index (χ3n) is 3.35. The van der Waals surface area contributed by atoms with Crippen LogP contribution in [0.2, 0.25) is 0 Å². The van der Waals surface area contributed by atoms with Crippen molar-refractivity contribution < 1.29 is 14.3 Å². The topological polar surface area (TPSA) is 72.5 Å². The zero-order chi connectivity index (χ0) is 17.4. The molecule has 1 heterocycles. The van der Waals surface area contributed by atoms with E-state index in [4.69, 9.17) is 9.47 Å². The molecule has 1 amide bonds. The van der Waals surface area contributed by atoms with Gasteiger partial charge in [0.05, 0.1) is 14.2 Å². The average Bonchev–Trinajstić information content (AvgIpc) is 2.64. The van der Waals surface area contributed by atoms with Crippen LogP contribution >= 0.6 is 0 Å². The smallest absolute Gasteiger partial charge is 0.251 e. The van der Waals surface area contributed by atoms with Crippen molar-refractivity contribution in [2.24, 2.45) is 0 Å². The van der Waals surface area contributed by atoms with Gasteiger partial charge in [0, 0.05) is 24.8 Å². The number of methoxy groups -OCH3 is 2. The van der Waals surface area contributed by atoms with Gasteiger partial charge in [-0.15, -0.1) is 6.58 Å². The van der Waals surface area contributed by atoms with E-state index in [9.17, 15) is 4.79 Å². The van der Waals surface area contributed by atoms with Crippen LogP contribution in [0.15, 0.2) is 49.2 Å². The highest BCUT2D eigenvalue weighted by atomic mass is 16.5. The van der Waals surface area contributed by atoms with E-state index in [1.807, 2.05) is 18.2 Å². The van der Waals surface area contributed by atoms with Crippen molar-refractivity contribution in [3.8, 4) is 11.5 Å². The third-order valence-corrected chi connectivity index (χ3v) is 3.35. The molecule has 2 N–H and O–H groups in total. The molecule has 0 aliphatic carbocycles. The Kier molecular flexibility index (Phi) is 6.19. The molecule has 0 radical (unpaired) electrons. The summed E-state index contributed by atoms with van der Waals surface area (Å²) in [5.74, 6) is 1.74. The molecule has 1 aromatic heterocycles. The number of amides is 1. The number of carbonyl (C=O) groups excluding carboxylic acids is 1. The SMILES string of the molecule is C=CCNc1cc(C(=O)NCc2ccc(OC)c(OC)c2)ccn1. The molecule has 0 saturated carbocycles. The Labute approximate surface area is 141 Å². The van der Waals surface area contributed by atoms with E-state index >= 15 is 0 Å². The van der Waals surface area contributed by atoms with Crippen LogP contribution in [0.1, 0.15) is 15.9 Å². The number of benzene rings is 1.